The van der Waals surface area contributed by atoms with Gasteiger partial charge in [-0.25, -0.2) is 0 Å². The highest BCUT2D eigenvalue weighted by Gasteiger charge is 2.63. The smallest absolute Gasteiger partial charge is 0.360 e. The molecule has 5 nitrogen and oxygen atoms in total. The van der Waals surface area contributed by atoms with Gasteiger partial charge in [-0.15, -0.1) is 0 Å². The molecule has 0 radical (unpaired) electrons. The molecule has 0 spiro atoms. The Hall–Kier alpha value is -2.42. The highest BCUT2D eigenvalue weighted by atomic mass is 19.3. The number of H-pyrrole nitrogens is 1. The molecule has 2 aromatic rings. The van der Waals surface area contributed by atoms with Crippen molar-refractivity contribution in [3.05, 3.63) is 36.0 Å². The molecule has 0 saturated heterocycles. The van der Waals surface area contributed by atoms with E-state index in [0.29, 0.717) is 18.0 Å². The minimum absolute atomic E-state index is 0.153. The second-order valence-electron chi connectivity index (χ2n) is 5.10. The number of aromatic amines is 1. The molecule has 0 saturated carbocycles. The third kappa shape index (κ3) is 2.99. The van der Waals surface area contributed by atoms with E-state index in [2.05, 4.69) is 9.72 Å². The zero-order valence-electron chi connectivity index (χ0n) is 12.7. The SMILES string of the molecule is COC(F)(F)C(F)(F)C(=O)NC(C)C(=O)c1c[nH]c2ccccc12. The summed E-state index contributed by atoms with van der Waals surface area (Å²) in [5.41, 5.74) is 0.788. The Bertz CT molecular complexity index is 773. The second-order valence-corrected chi connectivity index (χ2v) is 5.10. The zero-order chi connectivity index (χ0) is 18.1. The Morgan fingerprint density at radius 3 is 2.46 bits per heavy atom. The highest BCUT2D eigenvalue weighted by molar-refractivity contribution is 6.11. The van der Waals surface area contributed by atoms with Crippen molar-refractivity contribution < 1.29 is 31.9 Å². The summed E-state index contributed by atoms with van der Waals surface area (Å²) < 4.78 is 56.2. The molecule has 130 valence electrons. The standard InChI is InChI=1S/C15H14F4N2O3/c1-8(21-13(23)14(16,17)15(18,19)24-2)12(22)10-7-20-11-6-4-3-5-9(10)11/h3-8,20H,1-2H3,(H,21,23). The fourth-order valence-electron chi connectivity index (χ4n) is 2.12. The van der Waals surface area contributed by atoms with Crippen LogP contribution in [0.1, 0.15) is 17.3 Å². The van der Waals surface area contributed by atoms with Gasteiger partial charge in [0.2, 0.25) is 0 Å². The number of hydrogen-bond acceptors (Lipinski definition) is 3. The maximum atomic E-state index is 13.4. The lowest BCUT2D eigenvalue weighted by Crippen LogP contribution is -2.56. The summed E-state index contributed by atoms with van der Waals surface area (Å²) in [6, 6.07) is 5.29. The Kier molecular flexibility index (Phi) is 4.66. The number of ketones is 1. The molecule has 1 unspecified atom stereocenters. The fourth-order valence-corrected chi connectivity index (χ4v) is 2.12. The van der Waals surface area contributed by atoms with E-state index in [9.17, 15) is 27.2 Å². The molecule has 0 fully saturated rings. The number of benzene rings is 1. The number of para-hydroxylation sites is 1. The molecule has 1 aromatic heterocycles. The number of rotatable bonds is 6. The number of carbonyl (C=O) groups is 2. The summed E-state index contributed by atoms with van der Waals surface area (Å²) in [5, 5.41) is 2.13. The summed E-state index contributed by atoms with van der Waals surface area (Å²) in [5.74, 6) is -8.11. The number of aromatic nitrogens is 1. The fraction of sp³-hybridized carbons (Fsp3) is 0.333. The van der Waals surface area contributed by atoms with Gasteiger partial charge in [-0.1, -0.05) is 18.2 Å². The molecule has 0 aliphatic heterocycles. The molecular weight excluding hydrogens is 332 g/mol. The van der Waals surface area contributed by atoms with Gasteiger partial charge in [0.25, 0.3) is 0 Å². The number of carbonyl (C=O) groups excluding carboxylic acids is 2. The van der Waals surface area contributed by atoms with Gasteiger partial charge in [0.1, 0.15) is 0 Å². The van der Waals surface area contributed by atoms with E-state index < -0.39 is 29.8 Å². The van der Waals surface area contributed by atoms with Gasteiger partial charge in [0, 0.05) is 29.8 Å². The Morgan fingerprint density at radius 1 is 1.21 bits per heavy atom. The summed E-state index contributed by atoms with van der Waals surface area (Å²) >= 11 is 0. The summed E-state index contributed by atoms with van der Waals surface area (Å²) in [6.07, 6.45) is -3.63. The third-order valence-electron chi connectivity index (χ3n) is 3.50. The van der Waals surface area contributed by atoms with Crippen LogP contribution in [0.15, 0.2) is 30.5 Å². The first-order valence-electron chi connectivity index (χ1n) is 6.84. The van der Waals surface area contributed by atoms with E-state index in [0.717, 1.165) is 6.92 Å². The van der Waals surface area contributed by atoms with Crippen LogP contribution in [-0.4, -0.2) is 41.9 Å². The number of alkyl halides is 4. The van der Waals surface area contributed by atoms with Gasteiger partial charge >= 0.3 is 17.9 Å². The van der Waals surface area contributed by atoms with Gasteiger partial charge in [-0.05, 0) is 13.0 Å². The number of Topliss-reactive ketones (excluding diaryl/α,β-unsaturated/α-hetero) is 1. The molecule has 2 N–H and O–H groups in total. The second kappa shape index (κ2) is 6.23. The minimum Gasteiger partial charge on any atom is -0.360 e. The van der Waals surface area contributed by atoms with Crippen molar-refractivity contribution in [1.82, 2.24) is 10.3 Å². The Morgan fingerprint density at radius 2 is 1.83 bits per heavy atom. The number of halogens is 4. The average Bonchev–Trinajstić information content (AvgIpc) is 2.97. The normalized spacial score (nSPS) is 13.8. The first-order valence-corrected chi connectivity index (χ1v) is 6.84. The van der Waals surface area contributed by atoms with Crippen LogP contribution < -0.4 is 5.32 Å². The maximum absolute atomic E-state index is 13.4. The summed E-state index contributed by atoms with van der Waals surface area (Å²) in [7, 11) is 0.349. The largest absolute Gasteiger partial charge is 0.428 e. The van der Waals surface area contributed by atoms with Crippen LogP contribution in [0.2, 0.25) is 0 Å². The molecule has 1 amide bonds. The van der Waals surface area contributed by atoms with Crippen molar-refractivity contribution in [3.8, 4) is 0 Å². The molecule has 1 aromatic carbocycles. The van der Waals surface area contributed by atoms with Crippen molar-refractivity contribution in [2.24, 2.45) is 0 Å². The lowest BCUT2D eigenvalue weighted by Gasteiger charge is -2.24. The highest BCUT2D eigenvalue weighted by Crippen LogP contribution is 2.35. The van der Waals surface area contributed by atoms with Gasteiger partial charge in [-0.2, -0.15) is 17.6 Å². The first-order chi connectivity index (χ1) is 11.1. The lowest BCUT2D eigenvalue weighted by atomic mass is 10.0. The van der Waals surface area contributed by atoms with Crippen LogP contribution in [0, 0.1) is 0 Å². The van der Waals surface area contributed by atoms with E-state index in [1.165, 1.54) is 6.20 Å². The number of ether oxygens (including phenoxy) is 1. The molecule has 0 bridgehead atoms. The van der Waals surface area contributed by atoms with Gasteiger partial charge < -0.3 is 15.0 Å². The molecule has 9 heteroatoms. The van der Waals surface area contributed by atoms with E-state index in [-0.39, 0.29) is 5.56 Å². The van der Waals surface area contributed by atoms with Gasteiger partial charge in [0.05, 0.1) is 6.04 Å². The molecule has 1 atom stereocenters. The average molecular weight is 346 g/mol. The molecular formula is C15H14F4N2O3. The number of amides is 1. The van der Waals surface area contributed by atoms with Crippen molar-refractivity contribution >= 4 is 22.6 Å². The van der Waals surface area contributed by atoms with E-state index in [4.69, 9.17) is 0 Å². The van der Waals surface area contributed by atoms with E-state index in [1.54, 1.807) is 29.6 Å². The molecule has 24 heavy (non-hydrogen) atoms. The topological polar surface area (TPSA) is 71.2 Å². The van der Waals surface area contributed by atoms with Crippen LogP contribution in [0.4, 0.5) is 17.6 Å². The molecule has 2 rings (SSSR count). The van der Waals surface area contributed by atoms with Crippen molar-refractivity contribution in [1.29, 1.82) is 0 Å². The van der Waals surface area contributed by atoms with Gasteiger partial charge in [0.15, 0.2) is 5.78 Å². The van der Waals surface area contributed by atoms with Crippen LogP contribution in [-0.2, 0) is 9.53 Å². The van der Waals surface area contributed by atoms with Gasteiger partial charge in [-0.3, -0.25) is 9.59 Å². The van der Waals surface area contributed by atoms with Crippen LogP contribution in [0.25, 0.3) is 10.9 Å². The molecule has 0 aliphatic rings. The van der Waals surface area contributed by atoms with Crippen LogP contribution in [0.3, 0.4) is 0 Å². The Balaban J connectivity index is 2.19. The predicted molar refractivity (Wildman–Crippen MR) is 77.1 cm³/mol. The van der Waals surface area contributed by atoms with E-state index in [1.807, 2.05) is 0 Å². The zero-order valence-corrected chi connectivity index (χ0v) is 12.7. The van der Waals surface area contributed by atoms with Crippen molar-refractivity contribution in [2.45, 2.75) is 25.0 Å². The van der Waals surface area contributed by atoms with Crippen LogP contribution in [0.5, 0.6) is 0 Å². The number of hydrogen-bond donors (Lipinski definition) is 2. The number of nitrogens with one attached hydrogen (secondary N) is 2. The Labute approximate surface area is 134 Å². The third-order valence-corrected chi connectivity index (χ3v) is 3.50. The monoisotopic (exact) mass is 346 g/mol. The van der Waals surface area contributed by atoms with Crippen molar-refractivity contribution in [3.63, 3.8) is 0 Å². The quantitative estimate of drug-likeness (QED) is 0.624. The number of fused-ring (bicyclic) bond motifs is 1. The number of methoxy groups -OCH3 is 1. The predicted octanol–water partition coefficient (Wildman–Crippen LogP) is 2.73. The summed E-state index contributed by atoms with van der Waals surface area (Å²) in [6.45, 7) is 1.13. The molecule has 1 heterocycles. The van der Waals surface area contributed by atoms with Crippen molar-refractivity contribution in [2.75, 3.05) is 7.11 Å². The minimum atomic E-state index is -5.11. The van der Waals surface area contributed by atoms with E-state index >= 15 is 0 Å². The lowest BCUT2D eigenvalue weighted by molar-refractivity contribution is -0.323. The maximum Gasteiger partial charge on any atom is 0.428 e. The summed E-state index contributed by atoms with van der Waals surface area (Å²) in [4.78, 5) is 26.6. The van der Waals surface area contributed by atoms with Crippen LogP contribution >= 0.6 is 0 Å². The molecule has 0 aliphatic carbocycles. The first kappa shape index (κ1) is 17.9.